The number of nitrogens with one attached hydrogen (secondary N) is 1. The van der Waals surface area contributed by atoms with Crippen molar-refractivity contribution >= 4 is 17.2 Å². The Labute approximate surface area is 138 Å². The van der Waals surface area contributed by atoms with E-state index in [0.29, 0.717) is 16.3 Å². The van der Waals surface area contributed by atoms with Gasteiger partial charge in [-0.05, 0) is 19.4 Å². The number of carbonyl (C=O) groups is 1. The molecule has 0 unspecified atom stereocenters. The third kappa shape index (κ3) is 3.64. The van der Waals surface area contributed by atoms with Crippen molar-refractivity contribution in [1.82, 2.24) is 25.3 Å². The van der Waals surface area contributed by atoms with E-state index >= 15 is 0 Å². The van der Waals surface area contributed by atoms with Crippen LogP contribution in [0.15, 0.2) is 4.79 Å². The van der Waals surface area contributed by atoms with Gasteiger partial charge in [-0.3, -0.25) is 9.59 Å². The van der Waals surface area contributed by atoms with Crippen LogP contribution in [0.1, 0.15) is 52.4 Å². The van der Waals surface area contributed by atoms with Crippen molar-refractivity contribution in [2.24, 2.45) is 7.05 Å². The Bertz CT molecular complexity index is 801. The Balaban J connectivity index is 2.18. The third-order valence-electron chi connectivity index (χ3n) is 3.46. The number of amides is 1. The van der Waals surface area contributed by atoms with Crippen LogP contribution in [0, 0.1) is 13.8 Å². The Morgan fingerprint density at radius 2 is 1.91 bits per heavy atom. The highest BCUT2D eigenvalue weighted by molar-refractivity contribution is 7.11. The van der Waals surface area contributed by atoms with Crippen LogP contribution in [-0.2, 0) is 19.0 Å². The van der Waals surface area contributed by atoms with Gasteiger partial charge in [-0.25, -0.2) is 4.68 Å². The van der Waals surface area contributed by atoms with Crippen LogP contribution in [0.3, 0.4) is 0 Å². The lowest BCUT2D eigenvalue weighted by Gasteiger charge is -2.12. The number of aromatic nitrogens is 4. The fourth-order valence-electron chi connectivity index (χ4n) is 1.99. The topological polar surface area (TPSA) is 89.8 Å². The lowest BCUT2D eigenvalue weighted by atomic mass is 9.98. The number of carbonyl (C=O) groups excluding carboxylic acids is 1. The Kier molecular flexibility index (Phi) is 4.65. The molecule has 0 saturated carbocycles. The molecule has 2 rings (SSSR count). The molecular weight excluding hydrogens is 314 g/mol. The fourth-order valence-corrected chi connectivity index (χ4v) is 2.83. The van der Waals surface area contributed by atoms with Crippen molar-refractivity contribution < 1.29 is 4.79 Å². The summed E-state index contributed by atoms with van der Waals surface area (Å²) in [5.41, 5.74) is 0.898. The van der Waals surface area contributed by atoms with Crippen molar-refractivity contribution in [3.8, 4) is 0 Å². The average Bonchev–Trinajstić information content (AvgIpc) is 2.92. The van der Waals surface area contributed by atoms with Gasteiger partial charge in [0.05, 0.1) is 12.2 Å². The first-order valence-electron chi connectivity index (χ1n) is 7.27. The van der Waals surface area contributed by atoms with Crippen molar-refractivity contribution in [2.75, 3.05) is 0 Å². The van der Waals surface area contributed by atoms with E-state index in [0.717, 1.165) is 5.01 Å². The Morgan fingerprint density at radius 1 is 1.26 bits per heavy atom. The van der Waals surface area contributed by atoms with E-state index in [-0.39, 0.29) is 17.5 Å². The predicted octanol–water partition coefficient (Wildman–Crippen LogP) is 1.48. The van der Waals surface area contributed by atoms with Gasteiger partial charge in [-0.2, -0.15) is 5.10 Å². The second-order valence-corrected chi connectivity index (χ2v) is 7.51. The summed E-state index contributed by atoms with van der Waals surface area (Å²) in [6.07, 6.45) is 0. The van der Waals surface area contributed by atoms with Crippen molar-refractivity contribution in [2.45, 2.75) is 46.6 Å². The van der Waals surface area contributed by atoms with E-state index in [1.165, 1.54) is 23.1 Å². The monoisotopic (exact) mass is 335 g/mol. The normalized spacial score (nSPS) is 11.6. The summed E-state index contributed by atoms with van der Waals surface area (Å²) in [7, 11) is 1.53. The minimum atomic E-state index is -0.416. The van der Waals surface area contributed by atoms with Gasteiger partial charge in [0.15, 0.2) is 0 Å². The Morgan fingerprint density at radius 3 is 2.48 bits per heavy atom. The summed E-state index contributed by atoms with van der Waals surface area (Å²) in [6, 6.07) is 0. The van der Waals surface area contributed by atoms with Gasteiger partial charge in [0.1, 0.15) is 15.6 Å². The standard InChI is InChI=1S/C15H21N5O2S/c1-8-9(2)19-20(6)13(22)11(8)12(21)16-7-10-17-18-14(23-10)15(3,4)5/h7H2,1-6H3,(H,16,21). The molecule has 0 radical (unpaired) electrons. The zero-order chi connectivity index (χ0) is 17.4. The molecule has 0 aromatic carbocycles. The molecule has 2 heterocycles. The van der Waals surface area contributed by atoms with E-state index < -0.39 is 11.5 Å². The minimum absolute atomic E-state index is 0.0747. The van der Waals surface area contributed by atoms with Crippen LogP contribution >= 0.6 is 11.3 Å². The predicted molar refractivity (Wildman–Crippen MR) is 88.7 cm³/mol. The van der Waals surface area contributed by atoms with E-state index in [9.17, 15) is 9.59 Å². The van der Waals surface area contributed by atoms with Gasteiger partial charge in [0, 0.05) is 12.5 Å². The molecule has 0 atom stereocenters. The van der Waals surface area contributed by atoms with Crippen molar-refractivity contribution in [3.05, 3.63) is 37.2 Å². The van der Waals surface area contributed by atoms with Crippen molar-refractivity contribution in [3.63, 3.8) is 0 Å². The summed E-state index contributed by atoms with van der Waals surface area (Å²) in [4.78, 5) is 24.5. The molecule has 0 spiro atoms. The average molecular weight is 335 g/mol. The summed E-state index contributed by atoms with van der Waals surface area (Å²) in [5, 5.41) is 16.7. The molecule has 1 amide bonds. The molecule has 0 bridgehead atoms. The van der Waals surface area contributed by atoms with Gasteiger partial charge in [0.25, 0.3) is 11.5 Å². The van der Waals surface area contributed by atoms with Gasteiger partial charge >= 0.3 is 0 Å². The molecule has 0 fully saturated rings. The molecule has 1 N–H and O–H groups in total. The molecule has 0 saturated heterocycles. The van der Waals surface area contributed by atoms with E-state index in [4.69, 9.17) is 0 Å². The molecule has 23 heavy (non-hydrogen) atoms. The number of hydrogen-bond acceptors (Lipinski definition) is 6. The third-order valence-corrected chi connectivity index (χ3v) is 4.81. The van der Waals surface area contributed by atoms with E-state index in [1.807, 2.05) is 0 Å². The van der Waals surface area contributed by atoms with Crippen LogP contribution in [0.5, 0.6) is 0 Å². The lowest BCUT2D eigenvalue weighted by molar-refractivity contribution is 0.0947. The van der Waals surface area contributed by atoms with Gasteiger partial charge in [-0.15, -0.1) is 10.2 Å². The quantitative estimate of drug-likeness (QED) is 0.917. The van der Waals surface area contributed by atoms with Gasteiger partial charge in [0.2, 0.25) is 0 Å². The minimum Gasteiger partial charge on any atom is -0.345 e. The smallest absolute Gasteiger partial charge is 0.279 e. The first-order chi connectivity index (χ1) is 10.6. The SMILES string of the molecule is Cc1nn(C)c(=O)c(C(=O)NCc2nnc(C(C)(C)C)s2)c1C. The zero-order valence-corrected chi connectivity index (χ0v) is 15.0. The van der Waals surface area contributed by atoms with Crippen LogP contribution in [0.25, 0.3) is 0 Å². The first-order valence-corrected chi connectivity index (χ1v) is 8.08. The zero-order valence-electron chi connectivity index (χ0n) is 14.2. The highest BCUT2D eigenvalue weighted by Gasteiger charge is 2.21. The number of rotatable bonds is 3. The molecule has 2 aromatic heterocycles. The molecule has 0 aliphatic heterocycles. The summed E-state index contributed by atoms with van der Waals surface area (Å²) in [6.45, 7) is 9.91. The second kappa shape index (κ2) is 6.19. The maximum Gasteiger partial charge on any atom is 0.279 e. The fraction of sp³-hybridized carbons (Fsp3) is 0.533. The van der Waals surface area contributed by atoms with Crippen LogP contribution in [0.2, 0.25) is 0 Å². The molecular formula is C15H21N5O2S. The summed E-state index contributed by atoms with van der Waals surface area (Å²) < 4.78 is 1.18. The maximum absolute atomic E-state index is 12.4. The molecule has 8 heteroatoms. The van der Waals surface area contributed by atoms with Crippen LogP contribution in [0.4, 0.5) is 0 Å². The van der Waals surface area contributed by atoms with Gasteiger partial charge in [-0.1, -0.05) is 32.1 Å². The number of nitrogens with zero attached hydrogens (tertiary/aromatic N) is 4. The molecule has 124 valence electrons. The number of aryl methyl sites for hydroxylation is 2. The molecule has 0 aliphatic carbocycles. The highest BCUT2D eigenvalue weighted by atomic mass is 32.1. The van der Waals surface area contributed by atoms with Crippen LogP contribution in [-0.4, -0.2) is 25.9 Å². The summed E-state index contributed by atoms with van der Waals surface area (Å²) >= 11 is 1.46. The second-order valence-electron chi connectivity index (χ2n) is 6.45. The molecule has 0 aliphatic rings. The summed E-state index contributed by atoms with van der Waals surface area (Å²) in [5.74, 6) is -0.416. The first kappa shape index (κ1) is 17.3. The van der Waals surface area contributed by atoms with Crippen LogP contribution < -0.4 is 10.9 Å². The lowest BCUT2D eigenvalue weighted by Crippen LogP contribution is -2.34. The van der Waals surface area contributed by atoms with Gasteiger partial charge < -0.3 is 5.32 Å². The van der Waals surface area contributed by atoms with E-state index in [2.05, 4.69) is 41.4 Å². The highest BCUT2D eigenvalue weighted by Crippen LogP contribution is 2.25. The molecule has 7 nitrogen and oxygen atoms in total. The molecule has 2 aromatic rings. The maximum atomic E-state index is 12.4. The number of hydrogen-bond donors (Lipinski definition) is 1. The van der Waals surface area contributed by atoms with Crippen molar-refractivity contribution in [1.29, 1.82) is 0 Å². The van der Waals surface area contributed by atoms with E-state index in [1.54, 1.807) is 13.8 Å². The Hall–Kier alpha value is -2.09. The largest absolute Gasteiger partial charge is 0.345 e.